The second-order valence-electron chi connectivity index (χ2n) is 6.16. The molecule has 26 heavy (non-hydrogen) atoms. The maximum atomic E-state index is 12.3. The Bertz CT molecular complexity index is 1000. The third-order valence-electron chi connectivity index (χ3n) is 4.21. The molecule has 1 aliphatic rings. The summed E-state index contributed by atoms with van der Waals surface area (Å²) in [4.78, 5) is 17.0. The number of thioether (sulfide) groups is 1. The zero-order chi connectivity index (χ0) is 18.1. The predicted octanol–water partition coefficient (Wildman–Crippen LogP) is 4.31. The van der Waals surface area contributed by atoms with Crippen LogP contribution in [0.25, 0.3) is 10.9 Å². The number of benzene rings is 2. The monoisotopic (exact) mass is 366 g/mol. The maximum absolute atomic E-state index is 12.3. The van der Waals surface area contributed by atoms with Gasteiger partial charge in [-0.25, -0.2) is 4.98 Å². The lowest BCUT2D eigenvalue weighted by Gasteiger charge is -2.10. The van der Waals surface area contributed by atoms with Gasteiger partial charge in [0.2, 0.25) is 12.7 Å². The van der Waals surface area contributed by atoms with Gasteiger partial charge in [-0.1, -0.05) is 30.0 Å². The zero-order valence-corrected chi connectivity index (χ0v) is 15.4. The van der Waals surface area contributed by atoms with Crippen LogP contribution in [-0.4, -0.2) is 23.4 Å². The molecule has 1 aliphatic heterocycles. The fourth-order valence-corrected chi connectivity index (χ4v) is 3.62. The van der Waals surface area contributed by atoms with Crippen LogP contribution in [-0.2, 0) is 4.79 Å². The van der Waals surface area contributed by atoms with Gasteiger partial charge in [0.1, 0.15) is 5.03 Å². The van der Waals surface area contributed by atoms with E-state index < -0.39 is 0 Å². The number of hydrogen-bond donors (Lipinski definition) is 1. The molecule has 0 unspecified atom stereocenters. The highest BCUT2D eigenvalue weighted by atomic mass is 32.2. The topological polar surface area (TPSA) is 60.5 Å². The molecular weight excluding hydrogens is 348 g/mol. The molecule has 3 aromatic rings. The van der Waals surface area contributed by atoms with Crippen molar-refractivity contribution in [2.45, 2.75) is 18.9 Å². The fraction of sp³-hybridized carbons (Fsp3) is 0.200. The van der Waals surface area contributed by atoms with Crippen molar-refractivity contribution in [3.8, 4) is 11.5 Å². The van der Waals surface area contributed by atoms with Gasteiger partial charge >= 0.3 is 0 Å². The van der Waals surface area contributed by atoms with E-state index in [1.54, 1.807) is 0 Å². The first-order valence-corrected chi connectivity index (χ1v) is 9.28. The Morgan fingerprint density at radius 3 is 2.69 bits per heavy atom. The van der Waals surface area contributed by atoms with Gasteiger partial charge in [-0.2, -0.15) is 0 Å². The van der Waals surface area contributed by atoms with Crippen LogP contribution in [0.1, 0.15) is 11.1 Å². The zero-order valence-electron chi connectivity index (χ0n) is 14.5. The number of amides is 1. The van der Waals surface area contributed by atoms with E-state index in [0.717, 1.165) is 38.5 Å². The number of aromatic nitrogens is 1. The Labute approximate surface area is 155 Å². The van der Waals surface area contributed by atoms with Gasteiger partial charge in [-0.3, -0.25) is 4.79 Å². The first-order valence-electron chi connectivity index (χ1n) is 8.29. The Morgan fingerprint density at radius 1 is 1.12 bits per heavy atom. The summed E-state index contributed by atoms with van der Waals surface area (Å²) in [6, 6.07) is 13.6. The average Bonchev–Trinajstić information content (AvgIpc) is 3.07. The Balaban J connectivity index is 1.50. The van der Waals surface area contributed by atoms with E-state index in [1.807, 2.05) is 50.2 Å². The molecule has 0 saturated carbocycles. The third kappa shape index (κ3) is 3.32. The number of anilines is 1. The van der Waals surface area contributed by atoms with Crippen LogP contribution in [0.4, 0.5) is 5.69 Å². The number of carbonyl (C=O) groups is 1. The van der Waals surface area contributed by atoms with Gasteiger partial charge in [-0.05, 0) is 43.2 Å². The second-order valence-corrected chi connectivity index (χ2v) is 7.12. The molecule has 4 rings (SSSR count). The standard InChI is InChI=1S/C20H18N2O3S/c1-12-5-3-4-6-15(12)21-19(23)10-26-20-13(2)7-14-8-17-18(25-11-24-17)9-16(14)22-20/h3-9H,10-11H2,1-2H3,(H,21,23). The quantitative estimate of drug-likeness (QED) is 0.697. The highest BCUT2D eigenvalue weighted by Gasteiger charge is 2.16. The molecule has 5 nitrogen and oxygen atoms in total. The van der Waals surface area contributed by atoms with Crippen LogP contribution < -0.4 is 14.8 Å². The van der Waals surface area contributed by atoms with Crippen LogP contribution >= 0.6 is 11.8 Å². The van der Waals surface area contributed by atoms with E-state index in [1.165, 1.54) is 11.8 Å². The molecule has 1 amide bonds. The summed E-state index contributed by atoms with van der Waals surface area (Å²) in [6.07, 6.45) is 0. The van der Waals surface area contributed by atoms with Gasteiger partial charge in [-0.15, -0.1) is 0 Å². The number of aryl methyl sites for hydroxylation is 2. The highest BCUT2D eigenvalue weighted by Crippen LogP contribution is 2.36. The largest absolute Gasteiger partial charge is 0.454 e. The number of carbonyl (C=O) groups excluding carboxylic acids is 1. The second kappa shape index (κ2) is 6.88. The Hall–Kier alpha value is -2.73. The minimum atomic E-state index is -0.0451. The Kier molecular flexibility index (Phi) is 4.42. The molecule has 1 aromatic heterocycles. The van der Waals surface area contributed by atoms with Crippen molar-refractivity contribution in [3.05, 3.63) is 53.6 Å². The van der Waals surface area contributed by atoms with Crippen LogP contribution in [0, 0.1) is 13.8 Å². The molecule has 1 N–H and O–H groups in total. The highest BCUT2D eigenvalue weighted by molar-refractivity contribution is 8.00. The number of nitrogens with one attached hydrogen (secondary N) is 1. The van der Waals surface area contributed by atoms with Crippen molar-refractivity contribution in [1.29, 1.82) is 0 Å². The molecule has 132 valence electrons. The molecule has 0 radical (unpaired) electrons. The third-order valence-corrected chi connectivity index (χ3v) is 5.31. The molecule has 6 heteroatoms. The molecule has 0 aliphatic carbocycles. The van der Waals surface area contributed by atoms with Crippen molar-refractivity contribution < 1.29 is 14.3 Å². The van der Waals surface area contributed by atoms with Crippen LogP contribution in [0.3, 0.4) is 0 Å². The normalized spacial score (nSPS) is 12.4. The summed E-state index contributed by atoms with van der Waals surface area (Å²) in [7, 11) is 0. The van der Waals surface area contributed by atoms with Gasteiger partial charge in [0, 0.05) is 17.1 Å². The minimum Gasteiger partial charge on any atom is -0.454 e. The minimum absolute atomic E-state index is 0.0451. The van der Waals surface area contributed by atoms with Crippen molar-refractivity contribution in [3.63, 3.8) is 0 Å². The summed E-state index contributed by atoms with van der Waals surface area (Å²) in [5, 5.41) is 4.79. The summed E-state index contributed by atoms with van der Waals surface area (Å²) >= 11 is 1.43. The first-order chi connectivity index (χ1) is 12.6. The first kappa shape index (κ1) is 16.7. The molecule has 0 atom stereocenters. The van der Waals surface area contributed by atoms with Crippen LogP contribution in [0.5, 0.6) is 11.5 Å². The van der Waals surface area contributed by atoms with Crippen molar-refractivity contribution in [1.82, 2.24) is 4.98 Å². The average molecular weight is 366 g/mol. The number of rotatable bonds is 4. The number of nitrogens with zero attached hydrogens (tertiary/aromatic N) is 1. The van der Waals surface area contributed by atoms with Gasteiger partial charge in [0.05, 0.1) is 11.3 Å². The molecule has 0 saturated heterocycles. The molecule has 0 fully saturated rings. The van der Waals surface area contributed by atoms with E-state index in [2.05, 4.69) is 11.4 Å². The fourth-order valence-electron chi connectivity index (χ4n) is 2.83. The molecule has 0 bridgehead atoms. The molecule has 2 aromatic carbocycles. The predicted molar refractivity (Wildman–Crippen MR) is 103 cm³/mol. The van der Waals surface area contributed by atoms with E-state index in [0.29, 0.717) is 11.5 Å². The van der Waals surface area contributed by atoms with Crippen molar-refractivity contribution >= 4 is 34.3 Å². The maximum Gasteiger partial charge on any atom is 0.234 e. The van der Waals surface area contributed by atoms with Gasteiger partial charge < -0.3 is 14.8 Å². The number of ether oxygens (including phenoxy) is 2. The summed E-state index contributed by atoms with van der Waals surface area (Å²) in [6.45, 7) is 4.21. The van der Waals surface area contributed by atoms with Gasteiger partial charge in [0.15, 0.2) is 11.5 Å². The van der Waals surface area contributed by atoms with E-state index in [4.69, 9.17) is 14.5 Å². The van der Waals surface area contributed by atoms with Crippen LogP contribution in [0.2, 0.25) is 0 Å². The number of pyridine rings is 1. The molecule has 2 heterocycles. The lowest BCUT2D eigenvalue weighted by atomic mass is 10.1. The van der Waals surface area contributed by atoms with Gasteiger partial charge in [0.25, 0.3) is 0 Å². The summed E-state index contributed by atoms with van der Waals surface area (Å²) in [5.74, 6) is 1.72. The van der Waals surface area contributed by atoms with E-state index in [-0.39, 0.29) is 12.7 Å². The number of para-hydroxylation sites is 1. The summed E-state index contributed by atoms with van der Waals surface area (Å²) < 4.78 is 10.8. The van der Waals surface area contributed by atoms with Crippen molar-refractivity contribution in [2.24, 2.45) is 0 Å². The SMILES string of the molecule is Cc1ccccc1NC(=O)CSc1nc2cc3c(cc2cc1C)OCO3. The van der Waals surface area contributed by atoms with E-state index in [9.17, 15) is 4.79 Å². The molecule has 0 spiro atoms. The smallest absolute Gasteiger partial charge is 0.234 e. The van der Waals surface area contributed by atoms with E-state index >= 15 is 0 Å². The van der Waals surface area contributed by atoms with Crippen LogP contribution in [0.15, 0.2) is 47.5 Å². The summed E-state index contributed by atoms with van der Waals surface area (Å²) in [5.41, 5.74) is 3.75. The lowest BCUT2D eigenvalue weighted by molar-refractivity contribution is -0.113. The number of fused-ring (bicyclic) bond motifs is 2. The van der Waals surface area contributed by atoms with Crippen molar-refractivity contribution in [2.75, 3.05) is 17.9 Å². The molecular formula is C20H18N2O3S. The number of hydrogen-bond acceptors (Lipinski definition) is 5. The lowest BCUT2D eigenvalue weighted by Crippen LogP contribution is -2.15. The Morgan fingerprint density at radius 2 is 1.88 bits per heavy atom.